The Morgan fingerprint density at radius 2 is 1.76 bits per heavy atom. The number of nitrogens with one attached hydrogen (secondary N) is 1. The van der Waals surface area contributed by atoms with Crippen LogP contribution >= 0.6 is 0 Å². The molecule has 1 fully saturated rings. The van der Waals surface area contributed by atoms with Gasteiger partial charge in [0, 0.05) is 43.3 Å². The number of amides is 1. The minimum atomic E-state index is -0.147. The molecule has 5 aromatic rings. The van der Waals surface area contributed by atoms with Gasteiger partial charge in [-0.2, -0.15) is 5.10 Å². The van der Waals surface area contributed by atoms with E-state index in [2.05, 4.69) is 25.3 Å². The highest BCUT2D eigenvalue weighted by atomic mass is 16.2. The second-order valence-corrected chi connectivity index (χ2v) is 7.88. The highest BCUT2D eigenvalue weighted by Gasteiger charge is 2.34. The number of carbonyl (C=O) groups excluding carboxylic acids is 1. The maximum absolute atomic E-state index is 13.1. The van der Waals surface area contributed by atoms with Gasteiger partial charge in [-0.3, -0.25) is 9.20 Å². The number of hydrogen-bond acceptors (Lipinski definition) is 6. The fourth-order valence-corrected chi connectivity index (χ4v) is 4.00. The summed E-state index contributed by atoms with van der Waals surface area (Å²) >= 11 is 0. The minimum absolute atomic E-state index is 0.0320. The third kappa shape index (κ3) is 3.49. The van der Waals surface area contributed by atoms with Crippen molar-refractivity contribution in [1.29, 1.82) is 0 Å². The Balaban J connectivity index is 1.21. The highest BCUT2D eigenvalue weighted by Crippen LogP contribution is 2.30. The molecule has 1 amide bonds. The molecule has 0 bridgehead atoms. The molecule has 6 rings (SSSR count). The van der Waals surface area contributed by atoms with E-state index in [4.69, 9.17) is 4.98 Å². The first-order valence-corrected chi connectivity index (χ1v) is 10.7. The van der Waals surface area contributed by atoms with E-state index in [9.17, 15) is 4.79 Å². The van der Waals surface area contributed by atoms with E-state index >= 15 is 0 Å². The van der Waals surface area contributed by atoms with E-state index in [1.54, 1.807) is 10.9 Å². The zero-order chi connectivity index (χ0) is 22.2. The molecule has 1 saturated heterocycles. The maximum atomic E-state index is 13.1. The summed E-state index contributed by atoms with van der Waals surface area (Å²) in [6.45, 7) is 1.16. The summed E-state index contributed by atoms with van der Waals surface area (Å²) < 4.78 is 3.60. The van der Waals surface area contributed by atoms with Crippen molar-refractivity contribution in [2.24, 2.45) is 5.92 Å². The lowest BCUT2D eigenvalue weighted by molar-refractivity contribution is -0.120. The van der Waals surface area contributed by atoms with E-state index in [-0.39, 0.29) is 11.8 Å². The third-order valence-corrected chi connectivity index (χ3v) is 5.77. The van der Waals surface area contributed by atoms with Gasteiger partial charge in [-0.25, -0.2) is 19.6 Å². The van der Waals surface area contributed by atoms with E-state index < -0.39 is 0 Å². The number of hydrogen-bond donors (Lipinski definition) is 1. The average Bonchev–Trinajstić information content (AvgIpc) is 3.48. The molecule has 5 heterocycles. The fourth-order valence-electron chi connectivity index (χ4n) is 4.00. The van der Waals surface area contributed by atoms with Crippen LogP contribution in [0.15, 0.2) is 85.6 Å². The molecule has 1 aliphatic heterocycles. The number of anilines is 2. The molecule has 1 aliphatic rings. The summed E-state index contributed by atoms with van der Waals surface area (Å²) in [5.74, 6) is 1.97. The van der Waals surface area contributed by atoms with Crippen LogP contribution in [0.25, 0.3) is 22.7 Å². The Hall–Kier alpha value is -4.53. The van der Waals surface area contributed by atoms with Crippen LogP contribution < -0.4 is 10.2 Å². The normalized spacial score (nSPS) is 13.8. The lowest BCUT2D eigenvalue weighted by atomic mass is 9.99. The minimum Gasteiger partial charge on any atom is -0.355 e. The third-order valence-electron chi connectivity index (χ3n) is 5.77. The molecule has 0 atom stereocenters. The van der Waals surface area contributed by atoms with E-state index in [1.165, 1.54) is 6.33 Å². The summed E-state index contributed by atoms with van der Waals surface area (Å²) in [5, 5.41) is 7.34. The molecule has 0 unspecified atom stereocenters. The first-order valence-electron chi connectivity index (χ1n) is 10.7. The lowest BCUT2D eigenvalue weighted by Crippen LogP contribution is -2.52. The van der Waals surface area contributed by atoms with Crippen molar-refractivity contribution in [2.75, 3.05) is 23.3 Å². The highest BCUT2D eigenvalue weighted by molar-refractivity contribution is 5.97. The molecule has 1 N–H and O–H groups in total. The number of aromatic nitrogens is 6. The molecule has 33 heavy (non-hydrogen) atoms. The molecule has 1 aromatic carbocycles. The van der Waals surface area contributed by atoms with E-state index in [1.807, 2.05) is 77.5 Å². The number of fused-ring (bicyclic) bond motifs is 1. The van der Waals surface area contributed by atoms with Crippen LogP contribution in [0.1, 0.15) is 0 Å². The van der Waals surface area contributed by atoms with Crippen LogP contribution in [0.3, 0.4) is 0 Å². The van der Waals surface area contributed by atoms with Crippen LogP contribution in [0, 0.1) is 5.92 Å². The summed E-state index contributed by atoms with van der Waals surface area (Å²) in [4.78, 5) is 28.6. The van der Waals surface area contributed by atoms with Crippen LogP contribution in [-0.2, 0) is 4.79 Å². The SMILES string of the molecule is O=C(Nc1c(-c2ccccc2)nc2ccccn12)C1CN(c2cc(-n3cccn3)ncn2)C1. The second kappa shape index (κ2) is 7.86. The Bertz CT molecular complexity index is 1420. The number of pyridine rings is 1. The van der Waals surface area contributed by atoms with Gasteiger partial charge in [-0.05, 0) is 18.2 Å². The van der Waals surface area contributed by atoms with Gasteiger partial charge in [0.15, 0.2) is 5.82 Å². The van der Waals surface area contributed by atoms with E-state index in [0.717, 1.165) is 22.7 Å². The predicted octanol–water partition coefficient (Wildman–Crippen LogP) is 3.05. The summed E-state index contributed by atoms with van der Waals surface area (Å²) in [7, 11) is 0. The average molecular weight is 436 g/mol. The van der Waals surface area contributed by atoms with Gasteiger partial charge in [0.1, 0.15) is 29.3 Å². The van der Waals surface area contributed by atoms with Gasteiger partial charge in [-0.15, -0.1) is 0 Å². The monoisotopic (exact) mass is 436 g/mol. The summed E-state index contributed by atoms with van der Waals surface area (Å²) in [6, 6.07) is 19.4. The number of benzene rings is 1. The summed E-state index contributed by atoms with van der Waals surface area (Å²) in [5.41, 5.74) is 2.50. The number of imidazole rings is 1. The molecule has 0 radical (unpaired) electrons. The van der Waals surface area contributed by atoms with Crippen molar-refractivity contribution in [3.63, 3.8) is 0 Å². The van der Waals surface area contributed by atoms with Crippen molar-refractivity contribution in [3.8, 4) is 17.1 Å². The molecule has 162 valence electrons. The Labute approximate surface area is 189 Å². The maximum Gasteiger partial charge on any atom is 0.232 e. The number of nitrogens with zero attached hydrogens (tertiary/aromatic N) is 7. The summed E-state index contributed by atoms with van der Waals surface area (Å²) in [6.07, 6.45) is 6.97. The van der Waals surface area contributed by atoms with Crippen molar-refractivity contribution < 1.29 is 4.79 Å². The molecule has 0 aliphatic carbocycles. The van der Waals surface area contributed by atoms with Gasteiger partial charge in [0.25, 0.3) is 0 Å². The zero-order valence-electron chi connectivity index (χ0n) is 17.6. The second-order valence-electron chi connectivity index (χ2n) is 7.88. The van der Waals surface area contributed by atoms with Crippen LogP contribution in [0.2, 0.25) is 0 Å². The molecule has 4 aromatic heterocycles. The van der Waals surface area contributed by atoms with Gasteiger partial charge in [0.2, 0.25) is 5.91 Å². The number of carbonyl (C=O) groups is 1. The standard InChI is InChI=1S/C24H20N8O/c33-24(18-14-30(15-18)20-13-21(26-16-25-20)32-12-6-10-27-32)29-23-22(17-7-2-1-3-8-17)28-19-9-4-5-11-31(19)23/h1-13,16,18H,14-15H2,(H,29,33). The lowest BCUT2D eigenvalue weighted by Gasteiger charge is -2.39. The van der Waals surface area contributed by atoms with Crippen LogP contribution in [0.5, 0.6) is 0 Å². The largest absolute Gasteiger partial charge is 0.355 e. The molecule has 9 heteroatoms. The van der Waals surface area contributed by atoms with Crippen molar-refractivity contribution in [1.82, 2.24) is 29.1 Å². The molecular weight excluding hydrogens is 416 g/mol. The Morgan fingerprint density at radius 3 is 2.58 bits per heavy atom. The molecule has 0 spiro atoms. The first-order chi connectivity index (χ1) is 16.3. The predicted molar refractivity (Wildman–Crippen MR) is 124 cm³/mol. The number of rotatable bonds is 5. The van der Waals surface area contributed by atoms with E-state index in [0.29, 0.717) is 24.7 Å². The topological polar surface area (TPSA) is 93.2 Å². The van der Waals surface area contributed by atoms with Gasteiger partial charge >= 0.3 is 0 Å². The Morgan fingerprint density at radius 1 is 0.939 bits per heavy atom. The molecular formula is C24H20N8O. The van der Waals surface area contributed by atoms with Crippen molar-refractivity contribution in [2.45, 2.75) is 0 Å². The van der Waals surface area contributed by atoms with Gasteiger partial charge in [0.05, 0.1) is 5.92 Å². The smallest absolute Gasteiger partial charge is 0.232 e. The van der Waals surface area contributed by atoms with Gasteiger partial charge in [-0.1, -0.05) is 36.4 Å². The van der Waals surface area contributed by atoms with Crippen LogP contribution in [0.4, 0.5) is 11.6 Å². The van der Waals surface area contributed by atoms with Gasteiger partial charge < -0.3 is 10.2 Å². The fraction of sp³-hybridized carbons (Fsp3) is 0.125. The first kappa shape index (κ1) is 19.2. The molecule has 9 nitrogen and oxygen atoms in total. The van der Waals surface area contributed by atoms with Crippen molar-refractivity contribution in [3.05, 3.63) is 85.6 Å². The van der Waals surface area contributed by atoms with Crippen LogP contribution in [-0.4, -0.2) is 48.1 Å². The molecule has 0 saturated carbocycles. The van der Waals surface area contributed by atoms with Crippen molar-refractivity contribution >= 4 is 23.2 Å². The Kier molecular flexibility index (Phi) is 4.57. The quantitative estimate of drug-likeness (QED) is 0.455. The zero-order valence-corrected chi connectivity index (χ0v) is 17.6.